The summed E-state index contributed by atoms with van der Waals surface area (Å²) in [6, 6.07) is 0.0793. The second-order valence-corrected chi connectivity index (χ2v) is 6.02. The third kappa shape index (κ3) is 2.25. The molecule has 3 unspecified atom stereocenters. The number of carbonyl (C=O) groups is 2. The van der Waals surface area contributed by atoms with Gasteiger partial charge in [0.05, 0.1) is 12.5 Å². The van der Waals surface area contributed by atoms with E-state index in [4.69, 9.17) is 0 Å². The number of likely N-dealkylation sites (tertiary alicyclic amines) is 1. The van der Waals surface area contributed by atoms with E-state index < -0.39 is 0 Å². The highest BCUT2D eigenvalue weighted by Crippen LogP contribution is 2.26. The lowest BCUT2D eigenvalue weighted by Gasteiger charge is -2.30. The van der Waals surface area contributed by atoms with Crippen LogP contribution in [0.4, 0.5) is 0 Å². The zero-order chi connectivity index (χ0) is 11.7. The van der Waals surface area contributed by atoms with Crippen LogP contribution in [0.5, 0.6) is 0 Å². The van der Waals surface area contributed by atoms with Gasteiger partial charge in [-0.3, -0.25) is 14.5 Å². The van der Waals surface area contributed by atoms with Gasteiger partial charge in [0.2, 0.25) is 11.8 Å². The van der Waals surface area contributed by atoms with Crippen molar-refractivity contribution in [1.82, 2.24) is 10.2 Å². The van der Waals surface area contributed by atoms with Crippen LogP contribution >= 0.6 is 11.8 Å². The van der Waals surface area contributed by atoms with Gasteiger partial charge in [0.25, 0.3) is 0 Å². The van der Waals surface area contributed by atoms with Gasteiger partial charge in [-0.25, -0.2) is 0 Å². The van der Waals surface area contributed by atoms with Gasteiger partial charge < -0.3 is 5.32 Å². The Labute approximate surface area is 100 Å². The summed E-state index contributed by atoms with van der Waals surface area (Å²) in [5.74, 6) is 1.06. The molecule has 0 aromatic rings. The second-order valence-electron chi connectivity index (χ2n) is 4.54. The Morgan fingerprint density at radius 2 is 2.19 bits per heavy atom. The molecule has 4 nitrogen and oxygen atoms in total. The standard InChI is InChI=1S/C11H18N2O2S/c1-7-8(4-3-5-16-7)12-9-6-10(14)13(2)11(9)15/h7-9,12H,3-6H2,1-2H3. The van der Waals surface area contributed by atoms with Gasteiger partial charge in [0.15, 0.2) is 0 Å². The monoisotopic (exact) mass is 242 g/mol. The zero-order valence-electron chi connectivity index (χ0n) is 9.73. The van der Waals surface area contributed by atoms with Crippen molar-refractivity contribution in [3.8, 4) is 0 Å². The van der Waals surface area contributed by atoms with Crippen molar-refractivity contribution in [2.75, 3.05) is 12.8 Å². The first kappa shape index (κ1) is 11.9. The number of imide groups is 1. The number of likely N-dealkylation sites (N-methyl/N-ethyl adjacent to an activating group) is 1. The molecule has 2 aliphatic heterocycles. The predicted octanol–water partition coefficient (Wildman–Crippen LogP) is 0.617. The maximum Gasteiger partial charge on any atom is 0.246 e. The molecule has 16 heavy (non-hydrogen) atoms. The Bertz CT molecular complexity index is 308. The minimum absolute atomic E-state index is 0.0707. The number of rotatable bonds is 2. The lowest BCUT2D eigenvalue weighted by molar-refractivity contribution is -0.137. The number of hydrogen-bond acceptors (Lipinski definition) is 4. The van der Waals surface area contributed by atoms with Crippen LogP contribution in [-0.4, -0.2) is 46.8 Å². The normalized spacial score (nSPS) is 35.9. The van der Waals surface area contributed by atoms with Crippen LogP contribution in [0.15, 0.2) is 0 Å². The number of nitrogens with zero attached hydrogens (tertiary/aromatic N) is 1. The van der Waals surface area contributed by atoms with Crippen molar-refractivity contribution < 1.29 is 9.59 Å². The van der Waals surface area contributed by atoms with Gasteiger partial charge in [0, 0.05) is 18.3 Å². The Kier molecular flexibility index (Phi) is 3.54. The highest BCUT2D eigenvalue weighted by Gasteiger charge is 2.38. The quantitative estimate of drug-likeness (QED) is 0.721. The van der Waals surface area contributed by atoms with Crippen molar-refractivity contribution in [3.05, 3.63) is 0 Å². The van der Waals surface area contributed by atoms with Crippen molar-refractivity contribution in [3.63, 3.8) is 0 Å². The van der Waals surface area contributed by atoms with Crippen LogP contribution in [0.1, 0.15) is 26.2 Å². The molecule has 2 fully saturated rings. The summed E-state index contributed by atoms with van der Waals surface area (Å²) in [7, 11) is 1.56. The average molecular weight is 242 g/mol. The highest BCUT2D eigenvalue weighted by molar-refractivity contribution is 7.99. The van der Waals surface area contributed by atoms with Crippen LogP contribution in [0.25, 0.3) is 0 Å². The Morgan fingerprint density at radius 1 is 1.44 bits per heavy atom. The molecule has 2 amide bonds. The molecule has 0 aromatic heterocycles. The first-order chi connectivity index (χ1) is 7.59. The van der Waals surface area contributed by atoms with Crippen LogP contribution in [-0.2, 0) is 9.59 Å². The molecule has 2 saturated heterocycles. The molecule has 90 valence electrons. The summed E-state index contributed by atoms with van der Waals surface area (Å²) in [5.41, 5.74) is 0. The van der Waals surface area contributed by atoms with E-state index in [0.717, 1.165) is 6.42 Å². The summed E-state index contributed by atoms with van der Waals surface area (Å²) in [5, 5.41) is 3.88. The fourth-order valence-corrected chi connectivity index (χ4v) is 3.44. The number of nitrogens with one attached hydrogen (secondary N) is 1. The van der Waals surface area contributed by atoms with E-state index in [1.54, 1.807) is 7.05 Å². The smallest absolute Gasteiger partial charge is 0.246 e. The number of hydrogen-bond donors (Lipinski definition) is 1. The number of amides is 2. The third-order valence-corrected chi connectivity index (χ3v) is 4.78. The molecule has 0 radical (unpaired) electrons. The molecule has 0 saturated carbocycles. The van der Waals surface area contributed by atoms with E-state index in [9.17, 15) is 9.59 Å². The lowest BCUT2D eigenvalue weighted by Crippen LogP contribution is -2.48. The fraction of sp³-hybridized carbons (Fsp3) is 0.818. The lowest BCUT2D eigenvalue weighted by atomic mass is 10.1. The second kappa shape index (κ2) is 4.75. The third-order valence-electron chi connectivity index (χ3n) is 3.40. The summed E-state index contributed by atoms with van der Waals surface area (Å²) in [6.07, 6.45) is 2.62. The molecular weight excluding hydrogens is 224 g/mol. The molecular formula is C11H18N2O2S. The molecule has 0 spiro atoms. The van der Waals surface area contributed by atoms with Gasteiger partial charge in [-0.15, -0.1) is 0 Å². The van der Waals surface area contributed by atoms with E-state index in [2.05, 4.69) is 12.2 Å². The van der Waals surface area contributed by atoms with Crippen molar-refractivity contribution in [2.24, 2.45) is 0 Å². The Morgan fingerprint density at radius 3 is 2.75 bits per heavy atom. The Balaban J connectivity index is 1.94. The average Bonchev–Trinajstić information content (AvgIpc) is 2.50. The maximum absolute atomic E-state index is 11.7. The summed E-state index contributed by atoms with van der Waals surface area (Å²) < 4.78 is 0. The van der Waals surface area contributed by atoms with Crippen molar-refractivity contribution >= 4 is 23.6 Å². The Hall–Kier alpha value is -0.550. The van der Waals surface area contributed by atoms with Crippen LogP contribution in [0.3, 0.4) is 0 Å². The van der Waals surface area contributed by atoms with Crippen molar-refractivity contribution in [2.45, 2.75) is 43.5 Å². The molecule has 5 heteroatoms. The topological polar surface area (TPSA) is 49.4 Å². The molecule has 1 N–H and O–H groups in total. The zero-order valence-corrected chi connectivity index (χ0v) is 10.5. The van der Waals surface area contributed by atoms with Gasteiger partial charge in [-0.1, -0.05) is 6.92 Å². The van der Waals surface area contributed by atoms with Crippen LogP contribution in [0.2, 0.25) is 0 Å². The molecule has 2 rings (SSSR count). The number of carbonyl (C=O) groups excluding carboxylic acids is 2. The van der Waals surface area contributed by atoms with E-state index in [-0.39, 0.29) is 17.9 Å². The van der Waals surface area contributed by atoms with Crippen LogP contribution in [0, 0.1) is 0 Å². The number of thioether (sulfide) groups is 1. The predicted molar refractivity (Wildman–Crippen MR) is 64.3 cm³/mol. The van der Waals surface area contributed by atoms with Gasteiger partial charge in [0.1, 0.15) is 0 Å². The molecule has 2 heterocycles. The van der Waals surface area contributed by atoms with Gasteiger partial charge in [-0.05, 0) is 18.6 Å². The van der Waals surface area contributed by atoms with Gasteiger partial charge >= 0.3 is 0 Å². The summed E-state index contributed by atoms with van der Waals surface area (Å²) in [4.78, 5) is 24.3. The highest BCUT2D eigenvalue weighted by atomic mass is 32.2. The van der Waals surface area contributed by atoms with E-state index in [1.807, 2.05) is 11.8 Å². The van der Waals surface area contributed by atoms with Crippen molar-refractivity contribution in [1.29, 1.82) is 0 Å². The maximum atomic E-state index is 11.7. The van der Waals surface area contributed by atoms with Gasteiger partial charge in [-0.2, -0.15) is 11.8 Å². The van der Waals surface area contributed by atoms with E-state index in [0.29, 0.717) is 17.7 Å². The molecule has 0 aromatic carbocycles. The van der Waals surface area contributed by atoms with Crippen LogP contribution < -0.4 is 5.32 Å². The molecule has 2 aliphatic rings. The largest absolute Gasteiger partial charge is 0.302 e. The SMILES string of the molecule is CC1SCCCC1NC1CC(=O)N(C)C1=O. The minimum atomic E-state index is -0.288. The minimum Gasteiger partial charge on any atom is -0.302 e. The summed E-state index contributed by atoms with van der Waals surface area (Å²) >= 11 is 1.94. The molecule has 0 aliphatic carbocycles. The fourth-order valence-electron chi connectivity index (χ4n) is 2.29. The summed E-state index contributed by atoms with van der Waals surface area (Å²) in [6.45, 7) is 2.19. The molecule has 0 bridgehead atoms. The van der Waals surface area contributed by atoms with E-state index >= 15 is 0 Å². The molecule has 3 atom stereocenters. The first-order valence-electron chi connectivity index (χ1n) is 5.77. The van der Waals surface area contributed by atoms with E-state index in [1.165, 1.54) is 17.1 Å². The first-order valence-corrected chi connectivity index (χ1v) is 6.82.